The van der Waals surface area contributed by atoms with E-state index >= 15 is 0 Å². The standard InChI is InChI=1S/C12H13N/c1-10(2)4-5-11-6-8-12(13-3)9-7-11/h4-10H,1-2H3/b5-4+. The third-order valence-corrected chi connectivity index (χ3v) is 1.70. The van der Waals surface area contributed by atoms with Crippen molar-refractivity contribution in [2.24, 2.45) is 5.92 Å². The molecule has 13 heavy (non-hydrogen) atoms. The molecule has 0 amide bonds. The normalized spacial score (nSPS) is 10.6. The van der Waals surface area contributed by atoms with Crippen molar-refractivity contribution >= 4 is 11.8 Å². The zero-order valence-electron chi connectivity index (χ0n) is 7.99. The van der Waals surface area contributed by atoms with E-state index in [1.165, 1.54) is 0 Å². The molecule has 0 N–H and O–H groups in total. The van der Waals surface area contributed by atoms with Crippen molar-refractivity contribution in [3.05, 3.63) is 47.3 Å². The molecule has 1 rings (SSSR count). The fraction of sp³-hybridized carbons (Fsp3) is 0.250. The molecule has 1 heteroatoms. The number of hydrogen-bond donors (Lipinski definition) is 0. The van der Waals surface area contributed by atoms with Gasteiger partial charge < -0.3 is 0 Å². The van der Waals surface area contributed by atoms with Gasteiger partial charge in [-0.2, -0.15) is 0 Å². The van der Waals surface area contributed by atoms with E-state index in [4.69, 9.17) is 6.57 Å². The molecule has 0 atom stereocenters. The van der Waals surface area contributed by atoms with E-state index in [0.29, 0.717) is 11.6 Å². The largest absolute Gasteiger partial charge is 0.238 e. The van der Waals surface area contributed by atoms with Gasteiger partial charge >= 0.3 is 0 Å². The highest BCUT2D eigenvalue weighted by atomic mass is 14.6. The number of hydrogen-bond acceptors (Lipinski definition) is 0. The van der Waals surface area contributed by atoms with E-state index in [0.717, 1.165) is 5.56 Å². The SMILES string of the molecule is [C-]#[N+]c1ccc(/C=C/C(C)C)cc1. The first-order valence-electron chi connectivity index (χ1n) is 4.38. The molecule has 0 aliphatic heterocycles. The molecule has 0 unspecified atom stereocenters. The van der Waals surface area contributed by atoms with Gasteiger partial charge in [-0.3, -0.25) is 0 Å². The summed E-state index contributed by atoms with van der Waals surface area (Å²) in [4.78, 5) is 3.33. The Labute approximate surface area is 79.5 Å². The molecule has 0 heterocycles. The molecule has 1 aromatic carbocycles. The Morgan fingerprint density at radius 2 is 1.85 bits per heavy atom. The van der Waals surface area contributed by atoms with Crippen LogP contribution in [0.5, 0.6) is 0 Å². The first-order valence-corrected chi connectivity index (χ1v) is 4.38. The van der Waals surface area contributed by atoms with Crippen LogP contribution in [0.4, 0.5) is 5.69 Å². The van der Waals surface area contributed by atoms with Crippen LogP contribution in [0.1, 0.15) is 19.4 Å². The molecule has 1 aromatic rings. The molecule has 0 bridgehead atoms. The van der Waals surface area contributed by atoms with Crippen LogP contribution in [-0.4, -0.2) is 0 Å². The number of benzene rings is 1. The molecule has 0 saturated carbocycles. The summed E-state index contributed by atoms with van der Waals surface area (Å²) in [6.45, 7) is 11.1. The van der Waals surface area contributed by atoms with Gasteiger partial charge in [0.25, 0.3) is 0 Å². The van der Waals surface area contributed by atoms with Crippen LogP contribution in [0.15, 0.2) is 30.3 Å². The predicted molar refractivity (Wildman–Crippen MR) is 56.6 cm³/mol. The summed E-state index contributed by atoms with van der Waals surface area (Å²) in [6.07, 6.45) is 4.23. The van der Waals surface area contributed by atoms with Crippen LogP contribution < -0.4 is 0 Å². The molecule has 0 spiro atoms. The van der Waals surface area contributed by atoms with Gasteiger partial charge in [-0.05, 0) is 11.5 Å². The van der Waals surface area contributed by atoms with Gasteiger partial charge in [-0.15, -0.1) is 0 Å². The molecule has 0 radical (unpaired) electrons. The third-order valence-electron chi connectivity index (χ3n) is 1.70. The van der Waals surface area contributed by atoms with Crippen molar-refractivity contribution in [2.45, 2.75) is 13.8 Å². The van der Waals surface area contributed by atoms with Crippen LogP contribution in [-0.2, 0) is 0 Å². The van der Waals surface area contributed by atoms with E-state index in [2.05, 4.69) is 30.8 Å². The summed E-state index contributed by atoms with van der Waals surface area (Å²) in [5.74, 6) is 0.570. The van der Waals surface area contributed by atoms with E-state index in [1.54, 1.807) is 0 Å². The fourth-order valence-electron chi connectivity index (χ4n) is 0.964. The van der Waals surface area contributed by atoms with Crippen molar-refractivity contribution in [3.8, 4) is 0 Å². The molecule has 1 nitrogen and oxygen atoms in total. The summed E-state index contributed by atoms with van der Waals surface area (Å²) in [7, 11) is 0. The zero-order valence-corrected chi connectivity index (χ0v) is 7.99. The predicted octanol–water partition coefficient (Wildman–Crippen LogP) is 3.91. The minimum Gasteiger partial charge on any atom is -0.238 e. The highest BCUT2D eigenvalue weighted by Gasteiger charge is 1.89. The fourth-order valence-corrected chi connectivity index (χ4v) is 0.964. The van der Waals surface area contributed by atoms with Crippen LogP contribution in [0.25, 0.3) is 10.9 Å². The Balaban J connectivity index is 2.76. The quantitative estimate of drug-likeness (QED) is 0.594. The average molecular weight is 171 g/mol. The molecular formula is C12H13N. The van der Waals surface area contributed by atoms with Crippen LogP contribution in [0.2, 0.25) is 0 Å². The third kappa shape index (κ3) is 3.13. The summed E-state index contributed by atoms with van der Waals surface area (Å²) in [5.41, 5.74) is 1.85. The van der Waals surface area contributed by atoms with Gasteiger partial charge in [0.05, 0.1) is 6.57 Å². The molecule has 0 aliphatic rings. The molecule has 0 aromatic heterocycles. The first kappa shape index (κ1) is 9.54. The molecule has 0 aliphatic carbocycles. The van der Waals surface area contributed by atoms with Crippen molar-refractivity contribution < 1.29 is 0 Å². The lowest BCUT2D eigenvalue weighted by atomic mass is 10.1. The molecular weight excluding hydrogens is 158 g/mol. The number of rotatable bonds is 2. The summed E-state index contributed by atoms with van der Waals surface area (Å²) >= 11 is 0. The van der Waals surface area contributed by atoms with Gasteiger partial charge in [0.1, 0.15) is 0 Å². The van der Waals surface area contributed by atoms with Crippen molar-refractivity contribution in [1.29, 1.82) is 0 Å². The van der Waals surface area contributed by atoms with Crippen molar-refractivity contribution in [1.82, 2.24) is 0 Å². The van der Waals surface area contributed by atoms with E-state index in [-0.39, 0.29) is 0 Å². The smallest absolute Gasteiger partial charge is 0.187 e. The molecule has 66 valence electrons. The van der Waals surface area contributed by atoms with Crippen LogP contribution >= 0.6 is 0 Å². The first-order chi connectivity index (χ1) is 6.22. The average Bonchev–Trinajstić information content (AvgIpc) is 2.15. The highest BCUT2D eigenvalue weighted by Crippen LogP contribution is 2.13. The molecule has 0 fully saturated rings. The van der Waals surface area contributed by atoms with Crippen molar-refractivity contribution in [3.63, 3.8) is 0 Å². The Hall–Kier alpha value is -1.55. The Morgan fingerprint density at radius 3 is 2.31 bits per heavy atom. The van der Waals surface area contributed by atoms with Gasteiger partial charge in [-0.1, -0.05) is 50.3 Å². The topological polar surface area (TPSA) is 4.36 Å². The van der Waals surface area contributed by atoms with E-state index in [1.807, 2.05) is 24.3 Å². The van der Waals surface area contributed by atoms with Crippen LogP contribution in [0, 0.1) is 12.5 Å². The second-order valence-electron chi connectivity index (χ2n) is 3.31. The lowest BCUT2D eigenvalue weighted by molar-refractivity contribution is 0.836. The Kier molecular flexibility index (Phi) is 3.28. The summed E-state index contributed by atoms with van der Waals surface area (Å²) in [5, 5.41) is 0. The number of allylic oxidation sites excluding steroid dienone is 1. The van der Waals surface area contributed by atoms with Gasteiger partial charge in [-0.25, -0.2) is 4.85 Å². The Bertz CT molecular complexity index is 325. The number of nitrogens with zero attached hydrogens (tertiary/aromatic N) is 1. The lowest BCUT2D eigenvalue weighted by Crippen LogP contribution is -1.77. The van der Waals surface area contributed by atoms with Gasteiger partial charge in [0, 0.05) is 0 Å². The molecule has 0 saturated heterocycles. The second-order valence-corrected chi connectivity index (χ2v) is 3.31. The minimum absolute atomic E-state index is 0.570. The minimum atomic E-state index is 0.570. The Morgan fingerprint density at radius 1 is 1.23 bits per heavy atom. The maximum absolute atomic E-state index is 6.79. The zero-order chi connectivity index (χ0) is 9.68. The summed E-state index contributed by atoms with van der Waals surface area (Å²) in [6, 6.07) is 7.61. The maximum atomic E-state index is 6.79. The lowest BCUT2D eigenvalue weighted by Gasteiger charge is -1.95. The second kappa shape index (κ2) is 4.47. The van der Waals surface area contributed by atoms with Gasteiger partial charge in [0.15, 0.2) is 5.69 Å². The van der Waals surface area contributed by atoms with E-state index < -0.39 is 0 Å². The summed E-state index contributed by atoms with van der Waals surface area (Å²) < 4.78 is 0. The van der Waals surface area contributed by atoms with E-state index in [9.17, 15) is 0 Å². The maximum Gasteiger partial charge on any atom is 0.187 e. The van der Waals surface area contributed by atoms with Crippen LogP contribution in [0.3, 0.4) is 0 Å². The van der Waals surface area contributed by atoms with Gasteiger partial charge in [0.2, 0.25) is 0 Å². The highest BCUT2D eigenvalue weighted by molar-refractivity contribution is 5.55. The monoisotopic (exact) mass is 171 g/mol. The van der Waals surface area contributed by atoms with Crippen molar-refractivity contribution in [2.75, 3.05) is 0 Å².